The number of likely N-dealkylation sites (N-methyl/N-ethyl adjacent to an activating group) is 1. The predicted octanol–water partition coefficient (Wildman–Crippen LogP) is 2.93. The predicted molar refractivity (Wildman–Crippen MR) is 140 cm³/mol. The fourth-order valence-corrected chi connectivity index (χ4v) is 3.60. The highest BCUT2D eigenvalue weighted by Crippen LogP contribution is 2.13. The number of benzene rings is 1. The summed E-state index contributed by atoms with van der Waals surface area (Å²) in [6, 6.07) is 6.70. The van der Waals surface area contributed by atoms with Crippen LogP contribution in [0, 0.1) is 11.8 Å². The molecular weight excluding hydrogens is 460 g/mol. The lowest BCUT2D eigenvalue weighted by Crippen LogP contribution is -2.59. The highest BCUT2D eigenvalue weighted by molar-refractivity contribution is 5.94. The quantitative estimate of drug-likeness (QED) is 0.348. The number of alkyl carbamates (subject to hydrolysis) is 1. The van der Waals surface area contributed by atoms with Gasteiger partial charge in [0.25, 0.3) is 0 Å². The third-order valence-electron chi connectivity index (χ3n) is 5.67. The normalized spacial score (nSPS) is 14.7. The first kappa shape index (κ1) is 30.9. The Bertz CT molecular complexity index is 867. The zero-order chi connectivity index (χ0) is 27.5. The molecule has 4 N–H and O–H groups in total. The van der Waals surface area contributed by atoms with Crippen molar-refractivity contribution in [2.24, 2.45) is 11.8 Å². The summed E-state index contributed by atoms with van der Waals surface area (Å²) in [4.78, 5) is 51.5. The molecule has 0 aliphatic rings. The molecule has 0 spiro atoms. The molecule has 0 aliphatic heterocycles. The standard InChI is InChI=1S/C27H44N4O5/c1-9-18(4)22(25(34)29-20(15-17(2)3)23(32)28-8)31-24(33)21(16-19-13-11-10-12-14-19)30-26(35)36-27(5,6)7/h10-14,17-18,20-22H,9,15-16H2,1-8H3,(H,28,32)(H,29,34)(H,30,35)(H,31,33)/t18-,20-,21-,22?/m0/s1. The molecular formula is C27H44N4O5. The number of carbonyl (C=O) groups is 4. The number of amides is 4. The second-order valence-corrected chi connectivity index (χ2v) is 10.6. The number of hydrogen-bond acceptors (Lipinski definition) is 5. The molecule has 0 bridgehead atoms. The van der Waals surface area contributed by atoms with Gasteiger partial charge in [-0.05, 0) is 44.6 Å². The first-order valence-electron chi connectivity index (χ1n) is 12.6. The van der Waals surface area contributed by atoms with Crippen LogP contribution in [0.3, 0.4) is 0 Å². The van der Waals surface area contributed by atoms with Crippen molar-refractivity contribution >= 4 is 23.8 Å². The summed E-state index contributed by atoms with van der Waals surface area (Å²) in [6.45, 7) is 12.9. The van der Waals surface area contributed by atoms with Gasteiger partial charge in [-0.1, -0.05) is 64.4 Å². The highest BCUT2D eigenvalue weighted by atomic mass is 16.6. The lowest BCUT2D eigenvalue weighted by Gasteiger charge is -2.29. The van der Waals surface area contributed by atoms with Crippen molar-refractivity contribution in [1.29, 1.82) is 0 Å². The van der Waals surface area contributed by atoms with Crippen molar-refractivity contribution < 1.29 is 23.9 Å². The Kier molecular flexibility index (Phi) is 12.4. The van der Waals surface area contributed by atoms with E-state index in [2.05, 4.69) is 21.3 Å². The van der Waals surface area contributed by atoms with E-state index in [1.165, 1.54) is 7.05 Å². The van der Waals surface area contributed by atoms with Crippen molar-refractivity contribution in [3.63, 3.8) is 0 Å². The van der Waals surface area contributed by atoms with E-state index in [-0.39, 0.29) is 24.2 Å². The second-order valence-electron chi connectivity index (χ2n) is 10.6. The minimum atomic E-state index is -0.966. The topological polar surface area (TPSA) is 126 Å². The summed E-state index contributed by atoms with van der Waals surface area (Å²) in [7, 11) is 1.52. The summed E-state index contributed by atoms with van der Waals surface area (Å²) < 4.78 is 5.35. The summed E-state index contributed by atoms with van der Waals surface area (Å²) >= 11 is 0. The van der Waals surface area contributed by atoms with Crippen LogP contribution in [-0.4, -0.2) is 54.6 Å². The molecule has 36 heavy (non-hydrogen) atoms. The molecule has 0 saturated carbocycles. The summed E-state index contributed by atoms with van der Waals surface area (Å²) in [5.74, 6) is -1.28. The van der Waals surface area contributed by atoms with Gasteiger partial charge >= 0.3 is 6.09 Å². The van der Waals surface area contributed by atoms with Crippen molar-refractivity contribution in [2.45, 2.75) is 91.5 Å². The fraction of sp³-hybridized carbons (Fsp3) is 0.630. The van der Waals surface area contributed by atoms with Crippen LogP contribution in [0.1, 0.15) is 66.9 Å². The maximum absolute atomic E-state index is 13.4. The maximum atomic E-state index is 13.4. The average molecular weight is 505 g/mol. The molecule has 9 heteroatoms. The third kappa shape index (κ3) is 11.1. The third-order valence-corrected chi connectivity index (χ3v) is 5.67. The van der Waals surface area contributed by atoms with Crippen molar-refractivity contribution in [3.8, 4) is 0 Å². The first-order valence-corrected chi connectivity index (χ1v) is 12.6. The molecule has 4 atom stereocenters. The fourth-order valence-electron chi connectivity index (χ4n) is 3.60. The van der Waals surface area contributed by atoms with Crippen molar-refractivity contribution in [3.05, 3.63) is 35.9 Å². The van der Waals surface area contributed by atoms with Gasteiger partial charge in [-0.3, -0.25) is 14.4 Å². The van der Waals surface area contributed by atoms with E-state index in [4.69, 9.17) is 4.74 Å². The van der Waals surface area contributed by atoms with E-state index >= 15 is 0 Å². The molecule has 1 unspecified atom stereocenters. The van der Waals surface area contributed by atoms with Gasteiger partial charge in [0.2, 0.25) is 17.7 Å². The zero-order valence-corrected chi connectivity index (χ0v) is 22.9. The van der Waals surface area contributed by atoms with Gasteiger partial charge in [0.05, 0.1) is 0 Å². The van der Waals surface area contributed by atoms with Crippen LogP contribution in [0.4, 0.5) is 4.79 Å². The van der Waals surface area contributed by atoms with Gasteiger partial charge in [0, 0.05) is 13.5 Å². The minimum Gasteiger partial charge on any atom is -0.444 e. The Hall–Kier alpha value is -3.10. The smallest absolute Gasteiger partial charge is 0.408 e. The van der Waals surface area contributed by atoms with E-state index in [0.29, 0.717) is 12.8 Å². The molecule has 202 valence electrons. The molecule has 0 aliphatic carbocycles. The molecule has 0 fully saturated rings. The number of carbonyl (C=O) groups excluding carboxylic acids is 4. The van der Waals surface area contributed by atoms with E-state index in [9.17, 15) is 19.2 Å². The molecule has 1 aromatic carbocycles. The van der Waals surface area contributed by atoms with Crippen LogP contribution in [0.2, 0.25) is 0 Å². The van der Waals surface area contributed by atoms with E-state index in [1.807, 2.05) is 58.0 Å². The molecule has 1 rings (SSSR count). The van der Waals surface area contributed by atoms with Gasteiger partial charge in [0.15, 0.2) is 0 Å². The Balaban J connectivity index is 3.13. The maximum Gasteiger partial charge on any atom is 0.408 e. The van der Waals surface area contributed by atoms with Gasteiger partial charge in [0.1, 0.15) is 23.7 Å². The molecule has 0 saturated heterocycles. The SMILES string of the molecule is CC[C@H](C)C(NC(=O)[C@H](Cc1ccccc1)NC(=O)OC(C)(C)C)C(=O)N[C@@H](CC(C)C)C(=O)NC. The number of ether oxygens (including phenoxy) is 1. The Morgan fingerprint density at radius 3 is 1.97 bits per heavy atom. The average Bonchev–Trinajstić information content (AvgIpc) is 2.79. The monoisotopic (exact) mass is 504 g/mol. The summed E-state index contributed by atoms with van der Waals surface area (Å²) in [5, 5.41) is 10.9. The minimum absolute atomic E-state index is 0.178. The number of nitrogens with one attached hydrogen (secondary N) is 4. The lowest BCUT2D eigenvalue weighted by molar-refractivity contribution is -0.133. The number of rotatable bonds is 12. The molecule has 9 nitrogen and oxygen atoms in total. The molecule has 4 amide bonds. The molecule has 0 aromatic heterocycles. The zero-order valence-electron chi connectivity index (χ0n) is 22.9. The Morgan fingerprint density at radius 2 is 1.47 bits per heavy atom. The van der Waals surface area contributed by atoms with Gasteiger partial charge in [-0.15, -0.1) is 0 Å². The molecule has 0 heterocycles. The lowest BCUT2D eigenvalue weighted by atomic mass is 9.96. The first-order chi connectivity index (χ1) is 16.8. The van der Waals surface area contributed by atoms with Crippen LogP contribution in [0.25, 0.3) is 0 Å². The summed E-state index contributed by atoms with van der Waals surface area (Å²) in [5.41, 5.74) is 0.109. The van der Waals surface area contributed by atoms with E-state index in [1.54, 1.807) is 20.8 Å². The van der Waals surface area contributed by atoms with Gasteiger partial charge < -0.3 is 26.0 Å². The molecule has 1 aromatic rings. The van der Waals surface area contributed by atoms with E-state index in [0.717, 1.165) is 5.56 Å². The second kappa shape index (κ2) is 14.5. The Labute approximate surface area is 215 Å². The van der Waals surface area contributed by atoms with Crippen LogP contribution in [0.15, 0.2) is 30.3 Å². The largest absolute Gasteiger partial charge is 0.444 e. The van der Waals surface area contributed by atoms with Gasteiger partial charge in [-0.2, -0.15) is 0 Å². The highest BCUT2D eigenvalue weighted by Gasteiger charge is 2.33. The molecule has 0 radical (unpaired) electrons. The Morgan fingerprint density at radius 1 is 0.861 bits per heavy atom. The van der Waals surface area contributed by atoms with Crippen molar-refractivity contribution in [1.82, 2.24) is 21.3 Å². The van der Waals surface area contributed by atoms with Crippen LogP contribution >= 0.6 is 0 Å². The van der Waals surface area contributed by atoms with Crippen LogP contribution in [-0.2, 0) is 25.5 Å². The van der Waals surface area contributed by atoms with Crippen LogP contribution in [0.5, 0.6) is 0 Å². The summed E-state index contributed by atoms with van der Waals surface area (Å²) in [6.07, 6.45) is 0.578. The van der Waals surface area contributed by atoms with Crippen molar-refractivity contribution in [2.75, 3.05) is 7.05 Å². The van der Waals surface area contributed by atoms with E-state index < -0.39 is 41.6 Å². The van der Waals surface area contributed by atoms with Gasteiger partial charge in [-0.25, -0.2) is 4.79 Å². The van der Waals surface area contributed by atoms with Crippen LogP contribution < -0.4 is 21.3 Å². The number of hydrogen-bond donors (Lipinski definition) is 4.